The van der Waals surface area contributed by atoms with Gasteiger partial charge in [-0.05, 0) is 37.5 Å². The number of aliphatic hydroxyl groups excluding tert-OH is 1. The van der Waals surface area contributed by atoms with Crippen LogP contribution < -0.4 is 10.1 Å². The highest BCUT2D eigenvalue weighted by molar-refractivity contribution is 7.90. The number of benzene rings is 1. The maximum absolute atomic E-state index is 13.2. The highest BCUT2D eigenvalue weighted by Gasteiger charge is 2.65. The Labute approximate surface area is 196 Å². The monoisotopic (exact) mass is 532 g/mol. The average Bonchev–Trinajstić information content (AvgIpc) is 3.30. The number of aliphatic hydroxyl groups is 1. The topological polar surface area (TPSA) is 113 Å². The lowest BCUT2D eigenvalue weighted by Crippen LogP contribution is -2.45. The molecule has 3 unspecified atom stereocenters. The lowest BCUT2D eigenvalue weighted by atomic mass is 10.1. The first-order chi connectivity index (χ1) is 15.9. The van der Waals surface area contributed by atoms with Gasteiger partial charge in [0.25, 0.3) is 5.91 Å². The molecule has 0 aromatic heterocycles. The van der Waals surface area contributed by atoms with Gasteiger partial charge in [0.2, 0.25) is 5.91 Å². The fourth-order valence-corrected chi connectivity index (χ4v) is 4.56. The molecule has 1 saturated heterocycles. The van der Waals surface area contributed by atoms with Crippen LogP contribution in [0.1, 0.15) is 23.7 Å². The Morgan fingerprint density at radius 1 is 1.23 bits per heavy atom. The molecule has 3 rings (SSSR count). The minimum absolute atomic E-state index is 0.0224. The predicted octanol–water partition coefficient (Wildman–Crippen LogP) is 1.92. The number of fused-ring (bicyclic) bond motifs is 1. The summed E-state index contributed by atoms with van der Waals surface area (Å²) in [5.74, 6) is -2.62. The third kappa shape index (κ3) is 5.66. The van der Waals surface area contributed by atoms with Crippen molar-refractivity contribution in [3.63, 3.8) is 0 Å². The van der Waals surface area contributed by atoms with E-state index in [2.05, 4.69) is 0 Å². The van der Waals surface area contributed by atoms with Crippen molar-refractivity contribution >= 4 is 21.7 Å². The molecule has 1 aromatic carbocycles. The van der Waals surface area contributed by atoms with Gasteiger partial charge in [0, 0.05) is 19.3 Å². The highest BCUT2D eigenvalue weighted by atomic mass is 32.2. The second kappa shape index (κ2) is 8.84. The fourth-order valence-electron chi connectivity index (χ4n) is 3.91. The molecule has 4 atom stereocenters. The number of nitrogens with zero attached hydrogens (tertiary/aromatic N) is 1. The van der Waals surface area contributed by atoms with Crippen molar-refractivity contribution in [1.82, 2.24) is 10.2 Å². The van der Waals surface area contributed by atoms with Crippen LogP contribution in [-0.4, -0.2) is 80.7 Å². The molecule has 1 aromatic rings. The van der Waals surface area contributed by atoms with Crippen molar-refractivity contribution in [2.75, 3.05) is 25.9 Å². The number of nitrogens with one attached hydrogen (secondary N) is 1. The summed E-state index contributed by atoms with van der Waals surface area (Å²) in [6, 6.07) is 2.81. The van der Waals surface area contributed by atoms with Gasteiger partial charge >= 0.3 is 12.4 Å². The number of ether oxygens (including phenoxy) is 1. The van der Waals surface area contributed by atoms with Gasteiger partial charge < -0.3 is 20.1 Å². The van der Waals surface area contributed by atoms with Crippen molar-refractivity contribution in [3.8, 4) is 5.75 Å². The van der Waals surface area contributed by atoms with Crippen LogP contribution in [-0.2, 0) is 14.6 Å². The van der Waals surface area contributed by atoms with E-state index >= 15 is 0 Å². The number of carbonyl (C=O) groups excluding carboxylic acids is 2. The Bertz CT molecular complexity index is 1120. The van der Waals surface area contributed by atoms with E-state index in [1.54, 1.807) is 0 Å². The SMILES string of the molecule is C[C@H](Oc1ccc(S(C)(=O)=O)cc1C(=O)N1CC2CC2(C(=O)NCC(O)C(F)(F)F)C1)C(F)(F)F. The van der Waals surface area contributed by atoms with Gasteiger partial charge in [-0.3, -0.25) is 9.59 Å². The summed E-state index contributed by atoms with van der Waals surface area (Å²) in [7, 11) is -3.84. The smallest absolute Gasteiger partial charge is 0.425 e. The minimum Gasteiger partial charge on any atom is -0.480 e. The molecule has 1 saturated carbocycles. The van der Waals surface area contributed by atoms with Crippen LogP contribution in [0.15, 0.2) is 23.1 Å². The van der Waals surface area contributed by atoms with E-state index in [0.29, 0.717) is 6.92 Å². The molecular weight excluding hydrogens is 510 g/mol. The standard InChI is InChI=1S/C20H22F6N2O6S/c1-10(19(21,22)23)34-14-4-3-12(35(2,32)33)5-13(14)16(30)28-8-11-6-18(11,9-28)17(31)27-7-15(29)20(24,25)26/h3-5,10-11,15,29H,6-9H2,1-2H3,(H,27,31)/t10-,11?,15?,18?/m0/s1. The number of piperidine rings is 1. The number of amides is 2. The number of alkyl halides is 6. The van der Waals surface area contributed by atoms with E-state index in [4.69, 9.17) is 9.84 Å². The number of likely N-dealkylation sites (tertiary alicyclic amines) is 1. The molecule has 1 heterocycles. The van der Waals surface area contributed by atoms with E-state index in [0.717, 1.165) is 29.4 Å². The van der Waals surface area contributed by atoms with Crippen molar-refractivity contribution in [1.29, 1.82) is 0 Å². The molecule has 1 aliphatic heterocycles. The van der Waals surface area contributed by atoms with Gasteiger partial charge in [-0.2, -0.15) is 26.3 Å². The molecule has 1 aliphatic carbocycles. The van der Waals surface area contributed by atoms with Crippen molar-refractivity contribution in [2.24, 2.45) is 11.3 Å². The summed E-state index contributed by atoms with van der Waals surface area (Å²) >= 11 is 0. The predicted molar refractivity (Wildman–Crippen MR) is 107 cm³/mol. The number of hydrogen-bond donors (Lipinski definition) is 2. The Morgan fingerprint density at radius 2 is 1.86 bits per heavy atom. The quantitative estimate of drug-likeness (QED) is 0.519. The van der Waals surface area contributed by atoms with Crippen LogP contribution in [0.25, 0.3) is 0 Å². The van der Waals surface area contributed by atoms with Crippen LogP contribution in [0.4, 0.5) is 26.3 Å². The lowest BCUT2D eigenvalue weighted by Gasteiger charge is -2.24. The molecule has 196 valence electrons. The summed E-state index contributed by atoms with van der Waals surface area (Å²) in [6.45, 7) is -0.639. The Morgan fingerprint density at radius 3 is 2.40 bits per heavy atom. The minimum atomic E-state index is -4.93. The first-order valence-electron chi connectivity index (χ1n) is 10.3. The summed E-state index contributed by atoms with van der Waals surface area (Å²) < 4.78 is 105. The van der Waals surface area contributed by atoms with Crippen molar-refractivity contribution in [3.05, 3.63) is 23.8 Å². The average molecular weight is 532 g/mol. The molecule has 2 fully saturated rings. The molecule has 0 radical (unpaired) electrons. The number of hydrogen-bond acceptors (Lipinski definition) is 6. The van der Waals surface area contributed by atoms with Crippen molar-refractivity contribution < 1.29 is 54.2 Å². The van der Waals surface area contributed by atoms with Crippen LogP contribution in [0.3, 0.4) is 0 Å². The van der Waals surface area contributed by atoms with Crippen LogP contribution in [0.2, 0.25) is 0 Å². The van der Waals surface area contributed by atoms with Gasteiger partial charge in [-0.1, -0.05) is 0 Å². The zero-order valence-corrected chi connectivity index (χ0v) is 19.2. The fraction of sp³-hybridized carbons (Fsp3) is 0.600. The maximum atomic E-state index is 13.2. The van der Waals surface area contributed by atoms with E-state index in [-0.39, 0.29) is 24.4 Å². The maximum Gasteiger partial charge on any atom is 0.425 e. The summed E-state index contributed by atoms with van der Waals surface area (Å²) in [5, 5.41) is 11.1. The highest BCUT2D eigenvalue weighted by Crippen LogP contribution is 2.58. The lowest BCUT2D eigenvalue weighted by molar-refractivity contribution is -0.202. The molecule has 0 spiro atoms. The van der Waals surface area contributed by atoms with Gasteiger partial charge in [0.15, 0.2) is 22.0 Å². The largest absolute Gasteiger partial charge is 0.480 e. The number of halogens is 6. The second-order valence-electron chi connectivity index (χ2n) is 8.74. The third-order valence-corrected chi connectivity index (χ3v) is 7.20. The van der Waals surface area contributed by atoms with Gasteiger partial charge in [-0.15, -0.1) is 0 Å². The van der Waals surface area contributed by atoms with Crippen LogP contribution in [0.5, 0.6) is 5.75 Å². The molecule has 2 N–H and O–H groups in total. The van der Waals surface area contributed by atoms with Gasteiger partial charge in [0.1, 0.15) is 5.75 Å². The van der Waals surface area contributed by atoms with Gasteiger partial charge in [0.05, 0.1) is 22.4 Å². The third-order valence-electron chi connectivity index (χ3n) is 6.09. The molecule has 8 nitrogen and oxygen atoms in total. The van der Waals surface area contributed by atoms with Crippen LogP contribution >= 0.6 is 0 Å². The van der Waals surface area contributed by atoms with Crippen molar-refractivity contribution in [2.45, 2.75) is 42.8 Å². The Balaban J connectivity index is 1.81. The zero-order valence-electron chi connectivity index (χ0n) is 18.4. The van der Waals surface area contributed by atoms with Gasteiger partial charge in [-0.25, -0.2) is 8.42 Å². The molecule has 2 aliphatic rings. The van der Waals surface area contributed by atoms with E-state index in [1.807, 2.05) is 5.32 Å². The molecule has 15 heteroatoms. The molecular formula is C20H22F6N2O6S. The zero-order chi connectivity index (χ0) is 26.6. The summed E-state index contributed by atoms with van der Waals surface area (Å²) in [5.41, 5.74) is -1.66. The van der Waals surface area contributed by atoms with E-state index in [9.17, 15) is 44.3 Å². The summed E-state index contributed by atoms with van der Waals surface area (Å²) in [6.07, 6.45) is -13.7. The van der Waals surface area contributed by atoms with E-state index < -0.39 is 75.4 Å². The Hall–Kier alpha value is -2.55. The molecule has 0 bridgehead atoms. The van der Waals surface area contributed by atoms with E-state index in [1.165, 1.54) is 0 Å². The summed E-state index contributed by atoms with van der Waals surface area (Å²) in [4.78, 5) is 26.4. The molecule has 35 heavy (non-hydrogen) atoms. The Kier molecular flexibility index (Phi) is 6.83. The normalized spacial score (nSPS) is 23.9. The first-order valence-corrected chi connectivity index (χ1v) is 12.2. The molecule has 2 amide bonds. The number of rotatable bonds is 7. The number of sulfone groups is 1. The second-order valence-corrected chi connectivity index (χ2v) is 10.8. The van der Waals surface area contributed by atoms with Crippen LogP contribution in [0, 0.1) is 11.3 Å². The number of carbonyl (C=O) groups is 2. The first kappa shape index (κ1) is 27.0.